The molecule has 0 bridgehead atoms. The summed E-state index contributed by atoms with van der Waals surface area (Å²) >= 11 is 0. The van der Waals surface area contributed by atoms with E-state index in [1.54, 1.807) is 6.21 Å². The lowest BCUT2D eigenvalue weighted by molar-refractivity contribution is -0.145. The van der Waals surface area contributed by atoms with Crippen LogP contribution in [0, 0.1) is 5.41 Å². The fourth-order valence-corrected chi connectivity index (χ4v) is 0.856. The molecule has 0 saturated heterocycles. The van der Waals surface area contributed by atoms with Gasteiger partial charge in [0.05, 0.1) is 6.21 Å². The predicted octanol–water partition coefficient (Wildman–Crippen LogP) is 0.613. The highest BCUT2D eigenvalue weighted by atomic mass is 16.7. The third kappa shape index (κ3) is 4.75. The fourth-order valence-electron chi connectivity index (χ4n) is 0.856. The van der Waals surface area contributed by atoms with Crippen LogP contribution in [0.4, 0.5) is 0 Å². The highest BCUT2D eigenvalue weighted by molar-refractivity contribution is 5.82. The quantitative estimate of drug-likeness (QED) is 0.387. The Morgan fingerprint density at radius 3 is 2.75 bits per heavy atom. The van der Waals surface area contributed by atoms with E-state index in [4.69, 9.17) is 5.41 Å². The maximum atomic E-state index is 10.4. The molecule has 0 fully saturated rings. The van der Waals surface area contributed by atoms with Crippen LogP contribution in [-0.4, -0.2) is 18.1 Å². The van der Waals surface area contributed by atoms with Gasteiger partial charge < -0.3 is 4.84 Å². The van der Waals surface area contributed by atoms with E-state index in [-0.39, 0.29) is 5.96 Å². The summed E-state index contributed by atoms with van der Waals surface area (Å²) in [6.45, 7) is 1.23. The monoisotopic (exact) mass is 220 g/mol. The lowest BCUT2D eigenvalue weighted by atomic mass is 10.2. The minimum atomic E-state index is -0.529. The van der Waals surface area contributed by atoms with Crippen LogP contribution in [0.5, 0.6) is 0 Å². The molecular weight excluding hydrogens is 208 g/mol. The van der Waals surface area contributed by atoms with E-state index < -0.39 is 5.97 Å². The van der Waals surface area contributed by atoms with Gasteiger partial charge in [0.2, 0.25) is 5.96 Å². The number of hydroxylamine groups is 1. The second-order valence-electron chi connectivity index (χ2n) is 2.85. The van der Waals surface area contributed by atoms with Crippen LogP contribution in [0.15, 0.2) is 35.4 Å². The predicted molar refractivity (Wildman–Crippen MR) is 59.8 cm³/mol. The molecule has 0 saturated carbocycles. The second-order valence-corrected chi connectivity index (χ2v) is 2.85. The van der Waals surface area contributed by atoms with Crippen molar-refractivity contribution in [3.05, 3.63) is 35.9 Å². The van der Waals surface area contributed by atoms with Gasteiger partial charge >= 0.3 is 5.97 Å². The highest BCUT2D eigenvalue weighted by Gasteiger charge is 1.95. The number of benzene rings is 1. The van der Waals surface area contributed by atoms with Crippen molar-refractivity contribution < 1.29 is 9.63 Å². The minimum Gasteiger partial charge on any atom is -0.341 e. The van der Waals surface area contributed by atoms with Crippen LogP contribution in [0.2, 0.25) is 0 Å². The first kappa shape index (κ1) is 11.7. The van der Waals surface area contributed by atoms with E-state index in [2.05, 4.69) is 20.8 Å². The van der Waals surface area contributed by atoms with E-state index in [1.165, 1.54) is 6.92 Å². The molecule has 0 aliphatic heterocycles. The molecule has 1 aromatic carbocycles. The zero-order chi connectivity index (χ0) is 11.8. The largest absolute Gasteiger partial charge is 0.341 e. The maximum Gasteiger partial charge on any atom is 0.329 e. The van der Waals surface area contributed by atoms with Crippen LogP contribution in [-0.2, 0) is 9.63 Å². The van der Waals surface area contributed by atoms with Crippen molar-refractivity contribution >= 4 is 18.1 Å². The topological polar surface area (TPSA) is 86.6 Å². The first-order valence-electron chi connectivity index (χ1n) is 4.54. The first-order chi connectivity index (χ1) is 7.68. The molecule has 0 spiro atoms. The molecule has 84 valence electrons. The molecule has 6 nitrogen and oxygen atoms in total. The average Bonchev–Trinajstić information content (AvgIpc) is 2.28. The SMILES string of the molecule is CC(=O)ONC(=N)NN=Cc1ccccc1. The number of nitrogens with zero attached hydrogens (tertiary/aromatic N) is 1. The Kier molecular flexibility index (Phi) is 4.52. The van der Waals surface area contributed by atoms with Gasteiger partial charge in [0.1, 0.15) is 0 Å². The Bertz CT molecular complexity index is 389. The second kappa shape index (κ2) is 6.18. The van der Waals surface area contributed by atoms with Crippen LogP contribution in [0.3, 0.4) is 0 Å². The summed E-state index contributed by atoms with van der Waals surface area (Å²) in [5, 5.41) is 11.0. The molecule has 0 heterocycles. The molecule has 0 atom stereocenters. The summed E-state index contributed by atoms with van der Waals surface area (Å²) in [7, 11) is 0. The third-order valence-corrected chi connectivity index (χ3v) is 1.49. The number of guanidine groups is 1. The molecule has 0 aromatic heterocycles. The molecule has 0 aliphatic carbocycles. The Balaban J connectivity index is 2.32. The fraction of sp³-hybridized carbons (Fsp3) is 0.100. The molecule has 0 radical (unpaired) electrons. The van der Waals surface area contributed by atoms with Crippen LogP contribution >= 0.6 is 0 Å². The van der Waals surface area contributed by atoms with Gasteiger partial charge in [-0.15, -0.1) is 0 Å². The summed E-state index contributed by atoms with van der Waals surface area (Å²) in [4.78, 5) is 14.8. The maximum absolute atomic E-state index is 10.4. The smallest absolute Gasteiger partial charge is 0.329 e. The van der Waals surface area contributed by atoms with Gasteiger partial charge in [-0.25, -0.2) is 5.43 Å². The summed E-state index contributed by atoms with van der Waals surface area (Å²) < 4.78 is 0. The zero-order valence-electron chi connectivity index (χ0n) is 8.73. The zero-order valence-corrected chi connectivity index (χ0v) is 8.73. The van der Waals surface area contributed by atoms with E-state index in [0.29, 0.717) is 0 Å². The lowest BCUT2D eigenvalue weighted by Crippen LogP contribution is -2.34. The van der Waals surface area contributed by atoms with Gasteiger partial charge in [-0.2, -0.15) is 10.6 Å². The molecule has 3 N–H and O–H groups in total. The van der Waals surface area contributed by atoms with Gasteiger partial charge in [-0.05, 0) is 5.56 Å². The van der Waals surface area contributed by atoms with Crippen LogP contribution in [0.25, 0.3) is 0 Å². The van der Waals surface area contributed by atoms with Crippen LogP contribution in [0.1, 0.15) is 12.5 Å². The van der Waals surface area contributed by atoms with Crippen molar-refractivity contribution in [2.45, 2.75) is 6.92 Å². The molecule has 1 aromatic rings. The molecule has 0 unspecified atom stereocenters. The summed E-state index contributed by atoms with van der Waals surface area (Å²) in [6.07, 6.45) is 1.55. The number of rotatable bonds is 2. The average molecular weight is 220 g/mol. The molecular formula is C10H12N4O2. The number of hydrogen-bond acceptors (Lipinski definition) is 4. The molecule has 6 heteroatoms. The molecule has 0 aliphatic rings. The van der Waals surface area contributed by atoms with Crippen molar-refractivity contribution in [2.75, 3.05) is 0 Å². The first-order valence-corrected chi connectivity index (χ1v) is 4.54. The standard InChI is InChI=1S/C10H12N4O2/c1-8(15)16-14-10(11)13-12-7-9-5-3-2-4-6-9/h2-7H,1H3,(H3,11,13,14). The van der Waals surface area contributed by atoms with Crippen molar-refractivity contribution in [2.24, 2.45) is 5.10 Å². The summed E-state index contributed by atoms with van der Waals surface area (Å²) in [5.41, 5.74) is 5.33. The molecule has 16 heavy (non-hydrogen) atoms. The Hall–Kier alpha value is -2.37. The Morgan fingerprint density at radius 2 is 2.12 bits per heavy atom. The van der Waals surface area contributed by atoms with E-state index in [9.17, 15) is 4.79 Å². The third-order valence-electron chi connectivity index (χ3n) is 1.49. The van der Waals surface area contributed by atoms with Gasteiger partial charge in [-0.1, -0.05) is 30.3 Å². The van der Waals surface area contributed by atoms with Crippen molar-refractivity contribution in [1.29, 1.82) is 5.41 Å². The molecule has 0 amide bonds. The van der Waals surface area contributed by atoms with E-state index in [0.717, 1.165) is 5.56 Å². The van der Waals surface area contributed by atoms with Crippen molar-refractivity contribution in [1.82, 2.24) is 10.9 Å². The summed E-state index contributed by atoms with van der Waals surface area (Å²) in [5.74, 6) is -0.749. The Morgan fingerprint density at radius 1 is 1.44 bits per heavy atom. The number of hydrazone groups is 1. The van der Waals surface area contributed by atoms with Crippen LogP contribution < -0.4 is 10.9 Å². The van der Waals surface area contributed by atoms with Gasteiger partial charge in [-0.3, -0.25) is 10.2 Å². The lowest BCUT2D eigenvalue weighted by Gasteiger charge is -2.04. The van der Waals surface area contributed by atoms with Gasteiger partial charge in [0.25, 0.3) is 0 Å². The number of nitrogens with one attached hydrogen (secondary N) is 3. The Labute approximate surface area is 92.8 Å². The van der Waals surface area contributed by atoms with E-state index in [1.807, 2.05) is 30.3 Å². The minimum absolute atomic E-state index is 0.220. The van der Waals surface area contributed by atoms with E-state index >= 15 is 0 Å². The highest BCUT2D eigenvalue weighted by Crippen LogP contribution is 1.92. The number of carbonyl (C=O) groups excluding carboxylic acids is 1. The number of hydrogen-bond donors (Lipinski definition) is 3. The van der Waals surface area contributed by atoms with Gasteiger partial charge in [0.15, 0.2) is 0 Å². The normalized spacial score (nSPS) is 9.81. The summed E-state index contributed by atoms with van der Waals surface area (Å²) in [6, 6.07) is 9.39. The van der Waals surface area contributed by atoms with Crippen molar-refractivity contribution in [3.63, 3.8) is 0 Å². The molecule has 1 rings (SSSR count). The van der Waals surface area contributed by atoms with Crippen molar-refractivity contribution in [3.8, 4) is 0 Å². The number of carbonyl (C=O) groups is 1. The van der Waals surface area contributed by atoms with Gasteiger partial charge in [0, 0.05) is 6.92 Å².